The number of halogens is 1. The lowest BCUT2D eigenvalue weighted by molar-refractivity contribution is 0.0911. The van der Waals surface area contributed by atoms with Gasteiger partial charge in [0.15, 0.2) is 0 Å². The van der Waals surface area contributed by atoms with Gasteiger partial charge in [0.05, 0.1) is 7.11 Å². The Morgan fingerprint density at radius 1 is 1.40 bits per heavy atom. The molecule has 0 bridgehead atoms. The van der Waals surface area contributed by atoms with Gasteiger partial charge >= 0.3 is 0 Å². The minimum Gasteiger partial charge on any atom is -0.496 e. The van der Waals surface area contributed by atoms with Gasteiger partial charge in [-0.25, -0.2) is 0 Å². The van der Waals surface area contributed by atoms with Crippen molar-refractivity contribution in [3.8, 4) is 5.75 Å². The van der Waals surface area contributed by atoms with Crippen LogP contribution in [0.1, 0.15) is 41.6 Å². The van der Waals surface area contributed by atoms with Crippen LogP contribution >= 0.6 is 15.9 Å². The molecule has 110 valence electrons. The number of alkyl halides is 1. The third-order valence-corrected chi connectivity index (χ3v) is 4.93. The number of carbonyl (C=O) groups is 1. The van der Waals surface area contributed by atoms with E-state index in [-0.39, 0.29) is 11.9 Å². The van der Waals surface area contributed by atoms with Crippen molar-refractivity contribution in [1.29, 1.82) is 0 Å². The molecule has 1 aliphatic carbocycles. The minimum atomic E-state index is 0.00106. The van der Waals surface area contributed by atoms with Crippen LogP contribution in [0.4, 0.5) is 0 Å². The highest BCUT2D eigenvalue weighted by atomic mass is 79.9. The van der Waals surface area contributed by atoms with E-state index in [1.54, 1.807) is 7.11 Å². The Labute approximate surface area is 129 Å². The summed E-state index contributed by atoms with van der Waals surface area (Å²) >= 11 is 3.56. The fourth-order valence-electron chi connectivity index (χ4n) is 2.80. The monoisotopic (exact) mass is 339 g/mol. The number of aryl methyl sites for hydroxylation is 1. The fourth-order valence-corrected chi connectivity index (χ4v) is 3.57. The molecular formula is C16H22BrNO2. The van der Waals surface area contributed by atoms with Gasteiger partial charge in [0.25, 0.3) is 5.91 Å². The molecule has 0 aliphatic heterocycles. The molecule has 20 heavy (non-hydrogen) atoms. The van der Waals surface area contributed by atoms with Crippen LogP contribution in [0.3, 0.4) is 0 Å². The van der Waals surface area contributed by atoms with E-state index in [4.69, 9.17) is 4.74 Å². The van der Waals surface area contributed by atoms with E-state index < -0.39 is 0 Å². The largest absolute Gasteiger partial charge is 0.496 e. The summed E-state index contributed by atoms with van der Waals surface area (Å²) < 4.78 is 5.28. The average Bonchev–Trinajstić information content (AvgIpc) is 2.48. The molecule has 1 aromatic rings. The second-order valence-corrected chi connectivity index (χ2v) is 6.11. The zero-order valence-corrected chi connectivity index (χ0v) is 13.7. The van der Waals surface area contributed by atoms with Crippen molar-refractivity contribution >= 4 is 21.8 Å². The van der Waals surface area contributed by atoms with Gasteiger partial charge in [0, 0.05) is 16.9 Å². The van der Waals surface area contributed by atoms with Crippen molar-refractivity contribution in [2.45, 2.75) is 38.6 Å². The molecule has 1 amide bonds. The molecule has 1 aromatic carbocycles. The number of hydrogen-bond acceptors (Lipinski definition) is 2. The van der Waals surface area contributed by atoms with E-state index in [1.807, 2.05) is 25.1 Å². The van der Waals surface area contributed by atoms with Crippen molar-refractivity contribution in [3.63, 3.8) is 0 Å². The molecule has 2 rings (SSSR count). The predicted molar refractivity (Wildman–Crippen MR) is 84.7 cm³/mol. The van der Waals surface area contributed by atoms with E-state index in [9.17, 15) is 4.79 Å². The molecule has 0 spiro atoms. The zero-order valence-electron chi connectivity index (χ0n) is 12.1. The molecule has 0 aromatic heterocycles. The third kappa shape index (κ3) is 3.54. The predicted octanol–water partition coefficient (Wildman–Crippen LogP) is 3.69. The maximum Gasteiger partial charge on any atom is 0.251 e. The van der Waals surface area contributed by atoms with Gasteiger partial charge in [-0.15, -0.1) is 0 Å². The summed E-state index contributed by atoms with van der Waals surface area (Å²) in [6.45, 7) is 1.97. The first kappa shape index (κ1) is 15.4. The third-order valence-electron chi connectivity index (χ3n) is 4.09. The maximum absolute atomic E-state index is 12.4. The first-order valence-corrected chi connectivity index (χ1v) is 8.29. The zero-order chi connectivity index (χ0) is 14.5. The summed E-state index contributed by atoms with van der Waals surface area (Å²) in [5, 5.41) is 4.14. The lowest BCUT2D eigenvalue weighted by Gasteiger charge is -2.31. The average molecular weight is 340 g/mol. The quantitative estimate of drug-likeness (QED) is 0.849. The van der Waals surface area contributed by atoms with Crippen molar-refractivity contribution < 1.29 is 9.53 Å². The van der Waals surface area contributed by atoms with Gasteiger partial charge in [0.2, 0.25) is 0 Å². The first-order chi connectivity index (χ1) is 9.65. The Morgan fingerprint density at radius 2 is 2.15 bits per heavy atom. The standard InChI is InChI=1S/C16H22BrNO2/c1-11-7-8-12(9-15(11)20-2)16(19)18-14-6-4-3-5-13(14)10-17/h7-9,13-14H,3-6,10H2,1-2H3,(H,18,19). The van der Waals surface area contributed by atoms with Crippen molar-refractivity contribution in [1.82, 2.24) is 5.32 Å². The van der Waals surface area contributed by atoms with E-state index in [0.29, 0.717) is 11.5 Å². The molecule has 2 unspecified atom stereocenters. The summed E-state index contributed by atoms with van der Waals surface area (Å²) in [6.07, 6.45) is 4.73. The number of hydrogen-bond donors (Lipinski definition) is 1. The number of benzene rings is 1. The highest BCUT2D eigenvalue weighted by Crippen LogP contribution is 2.26. The summed E-state index contributed by atoms with van der Waals surface area (Å²) in [5.74, 6) is 1.31. The number of carbonyl (C=O) groups excluding carboxylic acids is 1. The van der Waals surface area contributed by atoms with Gasteiger partial charge in [-0.05, 0) is 43.4 Å². The number of methoxy groups -OCH3 is 1. The molecule has 1 aliphatic rings. The minimum absolute atomic E-state index is 0.00106. The van der Waals surface area contributed by atoms with Crippen LogP contribution in [0.15, 0.2) is 18.2 Å². The topological polar surface area (TPSA) is 38.3 Å². The van der Waals surface area contributed by atoms with Crippen molar-refractivity contribution in [3.05, 3.63) is 29.3 Å². The highest BCUT2D eigenvalue weighted by molar-refractivity contribution is 9.09. The van der Waals surface area contributed by atoms with Crippen LogP contribution in [-0.2, 0) is 0 Å². The summed E-state index contributed by atoms with van der Waals surface area (Å²) in [5.41, 5.74) is 1.71. The van der Waals surface area contributed by atoms with Gasteiger partial charge in [0.1, 0.15) is 5.75 Å². The van der Waals surface area contributed by atoms with E-state index in [0.717, 1.165) is 23.1 Å². The smallest absolute Gasteiger partial charge is 0.251 e. The molecule has 0 heterocycles. The summed E-state index contributed by atoms with van der Waals surface area (Å²) in [7, 11) is 1.63. The van der Waals surface area contributed by atoms with Crippen LogP contribution in [0.5, 0.6) is 5.75 Å². The van der Waals surface area contributed by atoms with E-state index in [1.165, 1.54) is 19.3 Å². The Hall–Kier alpha value is -1.03. The molecule has 1 fully saturated rings. The molecule has 0 radical (unpaired) electrons. The lowest BCUT2D eigenvalue weighted by Crippen LogP contribution is -2.42. The maximum atomic E-state index is 12.4. The normalized spacial score (nSPS) is 22.4. The number of ether oxygens (including phenoxy) is 1. The number of amides is 1. The van der Waals surface area contributed by atoms with Gasteiger partial charge in [-0.1, -0.05) is 34.8 Å². The molecule has 1 saturated carbocycles. The fraction of sp³-hybridized carbons (Fsp3) is 0.562. The van der Waals surface area contributed by atoms with Gasteiger partial charge < -0.3 is 10.1 Å². The van der Waals surface area contributed by atoms with Crippen LogP contribution in [0.2, 0.25) is 0 Å². The Morgan fingerprint density at radius 3 is 2.85 bits per heavy atom. The Kier molecular flexibility index (Phi) is 5.46. The second kappa shape index (κ2) is 7.11. The van der Waals surface area contributed by atoms with Gasteiger partial charge in [-0.2, -0.15) is 0 Å². The lowest BCUT2D eigenvalue weighted by atomic mass is 9.86. The Balaban J connectivity index is 2.07. The summed E-state index contributed by atoms with van der Waals surface area (Å²) in [6, 6.07) is 5.88. The van der Waals surface area contributed by atoms with Crippen LogP contribution in [0, 0.1) is 12.8 Å². The molecular weight excluding hydrogens is 318 g/mol. The van der Waals surface area contributed by atoms with E-state index >= 15 is 0 Å². The number of nitrogens with one attached hydrogen (secondary N) is 1. The second-order valence-electron chi connectivity index (χ2n) is 5.46. The molecule has 3 nitrogen and oxygen atoms in total. The van der Waals surface area contributed by atoms with Crippen LogP contribution in [-0.4, -0.2) is 24.4 Å². The van der Waals surface area contributed by atoms with Gasteiger partial charge in [-0.3, -0.25) is 4.79 Å². The highest BCUT2D eigenvalue weighted by Gasteiger charge is 2.26. The molecule has 1 N–H and O–H groups in total. The molecule has 4 heteroatoms. The van der Waals surface area contributed by atoms with Crippen molar-refractivity contribution in [2.75, 3.05) is 12.4 Å². The van der Waals surface area contributed by atoms with E-state index in [2.05, 4.69) is 21.2 Å². The number of rotatable bonds is 4. The molecule has 0 saturated heterocycles. The summed E-state index contributed by atoms with van der Waals surface area (Å²) in [4.78, 5) is 12.4. The van der Waals surface area contributed by atoms with Crippen LogP contribution in [0.25, 0.3) is 0 Å². The SMILES string of the molecule is COc1cc(C(=O)NC2CCCCC2CBr)ccc1C. The molecule has 2 atom stereocenters. The Bertz CT molecular complexity index is 476. The van der Waals surface area contributed by atoms with Crippen LogP contribution < -0.4 is 10.1 Å². The van der Waals surface area contributed by atoms with Crippen molar-refractivity contribution in [2.24, 2.45) is 5.92 Å². The first-order valence-electron chi connectivity index (χ1n) is 7.17.